The van der Waals surface area contributed by atoms with E-state index in [0.29, 0.717) is 25.3 Å². The highest BCUT2D eigenvalue weighted by molar-refractivity contribution is 7.99. The maximum atomic E-state index is 17.2. The number of hydrogen-bond donors (Lipinski definition) is 2. The Bertz CT molecular complexity index is 914. The number of alkyl halides is 2. The van der Waals surface area contributed by atoms with Crippen molar-refractivity contribution in [1.82, 2.24) is 5.32 Å². The number of nitrogens with one attached hydrogen (secondary N) is 1. The van der Waals surface area contributed by atoms with E-state index in [0.717, 1.165) is 0 Å². The summed E-state index contributed by atoms with van der Waals surface area (Å²) in [6, 6.07) is 0. The number of allylic oxidation sites excluding steroid dienone is 4. The van der Waals surface area contributed by atoms with Crippen molar-refractivity contribution in [3.63, 3.8) is 0 Å². The molecule has 5 rings (SSSR count). The van der Waals surface area contributed by atoms with Crippen molar-refractivity contribution in [1.29, 1.82) is 0 Å². The number of thioether (sulfide) groups is 1. The number of carbonyl (C=O) groups excluding carboxylic acids is 2. The molecule has 0 spiro atoms. The van der Waals surface area contributed by atoms with Gasteiger partial charge in [0.25, 0.3) is 0 Å². The SMILES string of the molecule is CSCC(=O)[C@@]12CNC[C@@H]1C[C@H]1[C@@H]3C[C@H](F)C4=CC(=O)C=C[C@]4(C)[C@@]3(F)[C@@H](O)C[C@@]12C.Cl. The fraction of sp³-hybridized carbons (Fsp3) is 0.750. The molecule has 0 amide bonds. The van der Waals surface area contributed by atoms with Crippen LogP contribution in [0.25, 0.3) is 0 Å². The molecule has 2 N–H and O–H groups in total. The Kier molecular flexibility index (Phi) is 5.80. The zero-order chi connectivity index (χ0) is 22.4. The Morgan fingerprint density at radius 3 is 2.72 bits per heavy atom. The van der Waals surface area contributed by atoms with Crippen LogP contribution < -0.4 is 5.32 Å². The zero-order valence-corrected chi connectivity index (χ0v) is 20.3. The van der Waals surface area contributed by atoms with E-state index in [9.17, 15) is 14.7 Å². The standard InChI is InChI=1S/C24H31F2NO3S.ClH/c1-21-5-4-14(28)7-17(21)18(25)8-16-15-6-13-10-27-12-23(13,20(30)11-31-3)22(15,2)9-19(29)24(16,21)26;/h4-5,7,13,15-16,18-19,27,29H,6,8-12H2,1-3H3;1H/t13-,15-,16-,18-,19-,21-,22-,23+,24-;/m0./s1. The van der Waals surface area contributed by atoms with E-state index in [1.165, 1.54) is 30.0 Å². The minimum absolute atomic E-state index is 0. The van der Waals surface area contributed by atoms with Crippen molar-refractivity contribution in [3.8, 4) is 0 Å². The maximum absolute atomic E-state index is 17.2. The number of Topliss-reactive ketones (excluding diaryl/α,β-unsaturated/α-hetero) is 1. The lowest BCUT2D eigenvalue weighted by atomic mass is 9.43. The lowest BCUT2D eigenvalue weighted by Gasteiger charge is -2.63. The average molecular weight is 488 g/mol. The molecule has 1 aliphatic heterocycles. The van der Waals surface area contributed by atoms with Crippen LogP contribution in [-0.2, 0) is 9.59 Å². The van der Waals surface area contributed by atoms with Crippen molar-refractivity contribution in [2.24, 2.45) is 34.0 Å². The summed E-state index contributed by atoms with van der Waals surface area (Å²) >= 11 is 1.49. The third-order valence-corrected chi connectivity index (χ3v) is 10.4. The molecule has 178 valence electrons. The van der Waals surface area contributed by atoms with Gasteiger partial charge in [-0.05, 0) is 74.0 Å². The highest BCUT2D eigenvalue weighted by Crippen LogP contribution is 2.73. The van der Waals surface area contributed by atoms with Crippen molar-refractivity contribution >= 4 is 35.7 Å². The Balaban J connectivity index is 0.00000245. The number of ketones is 2. The van der Waals surface area contributed by atoms with Crippen LogP contribution in [-0.4, -0.2) is 59.7 Å². The molecule has 0 aromatic heterocycles. The van der Waals surface area contributed by atoms with E-state index in [1.54, 1.807) is 6.92 Å². The number of rotatable bonds is 3. The first-order valence-electron chi connectivity index (χ1n) is 11.3. The largest absolute Gasteiger partial charge is 0.390 e. The lowest BCUT2D eigenvalue weighted by Crippen LogP contribution is -2.69. The average Bonchev–Trinajstić information content (AvgIpc) is 3.24. The topological polar surface area (TPSA) is 66.4 Å². The fourth-order valence-corrected chi connectivity index (χ4v) is 8.95. The van der Waals surface area contributed by atoms with E-state index >= 15 is 8.78 Å². The number of hydrogen-bond acceptors (Lipinski definition) is 5. The fourth-order valence-electron chi connectivity index (χ4n) is 8.43. The van der Waals surface area contributed by atoms with Gasteiger partial charge in [0.2, 0.25) is 0 Å². The number of fused-ring (bicyclic) bond motifs is 7. The second-order valence-electron chi connectivity index (χ2n) is 10.8. The Labute approximate surface area is 198 Å². The quantitative estimate of drug-likeness (QED) is 0.638. The summed E-state index contributed by atoms with van der Waals surface area (Å²) in [5, 5.41) is 14.8. The monoisotopic (exact) mass is 487 g/mol. The number of carbonyl (C=O) groups is 2. The van der Waals surface area contributed by atoms with Gasteiger partial charge >= 0.3 is 0 Å². The van der Waals surface area contributed by atoms with Crippen molar-refractivity contribution in [2.45, 2.75) is 51.1 Å². The van der Waals surface area contributed by atoms with Crippen LogP contribution in [0.1, 0.15) is 33.1 Å². The molecule has 32 heavy (non-hydrogen) atoms. The molecular formula is C24H32ClF2NO3S. The molecule has 4 fully saturated rings. The van der Waals surface area contributed by atoms with Crippen molar-refractivity contribution in [3.05, 3.63) is 23.8 Å². The van der Waals surface area contributed by atoms with Crippen LogP contribution in [0.3, 0.4) is 0 Å². The van der Waals surface area contributed by atoms with E-state index in [-0.39, 0.29) is 54.2 Å². The molecule has 8 heteroatoms. The summed E-state index contributed by atoms with van der Waals surface area (Å²) in [6.45, 7) is 4.90. The van der Waals surface area contributed by atoms with Gasteiger partial charge in [-0.25, -0.2) is 8.78 Å². The van der Waals surface area contributed by atoms with Crippen LogP contribution in [0.2, 0.25) is 0 Å². The maximum Gasteiger partial charge on any atom is 0.178 e. The summed E-state index contributed by atoms with van der Waals surface area (Å²) in [4.78, 5) is 25.4. The van der Waals surface area contributed by atoms with Crippen LogP contribution in [0.15, 0.2) is 23.8 Å². The van der Waals surface area contributed by atoms with Crippen LogP contribution >= 0.6 is 24.2 Å². The van der Waals surface area contributed by atoms with E-state index in [1.807, 2.05) is 13.2 Å². The predicted molar refractivity (Wildman–Crippen MR) is 123 cm³/mol. The summed E-state index contributed by atoms with van der Waals surface area (Å²) in [6.07, 6.45) is 3.92. The van der Waals surface area contributed by atoms with Crippen molar-refractivity contribution in [2.75, 3.05) is 25.1 Å². The van der Waals surface area contributed by atoms with Gasteiger partial charge in [0.1, 0.15) is 6.17 Å². The molecule has 1 heterocycles. The smallest absolute Gasteiger partial charge is 0.178 e. The highest BCUT2D eigenvalue weighted by Gasteiger charge is 2.77. The van der Waals surface area contributed by atoms with E-state index in [4.69, 9.17) is 0 Å². The molecule has 1 saturated heterocycles. The first-order chi connectivity index (χ1) is 14.6. The summed E-state index contributed by atoms with van der Waals surface area (Å²) in [5.41, 5.74) is -4.53. The molecule has 3 saturated carbocycles. The molecule has 5 aliphatic rings. The van der Waals surface area contributed by atoms with Gasteiger partial charge in [-0.1, -0.05) is 13.0 Å². The minimum Gasteiger partial charge on any atom is -0.390 e. The summed E-state index contributed by atoms with van der Waals surface area (Å²) in [7, 11) is 0. The Morgan fingerprint density at radius 1 is 1.31 bits per heavy atom. The lowest BCUT2D eigenvalue weighted by molar-refractivity contribution is -0.210. The van der Waals surface area contributed by atoms with E-state index in [2.05, 4.69) is 5.32 Å². The molecule has 0 aromatic rings. The Hall–Kier alpha value is -0.760. The van der Waals surface area contributed by atoms with Gasteiger partial charge in [0, 0.05) is 17.9 Å². The minimum atomic E-state index is -2.07. The number of aliphatic hydroxyl groups is 1. The zero-order valence-electron chi connectivity index (χ0n) is 18.7. The van der Waals surface area contributed by atoms with Gasteiger partial charge in [-0.3, -0.25) is 9.59 Å². The van der Waals surface area contributed by atoms with Gasteiger partial charge in [0.05, 0.1) is 17.3 Å². The van der Waals surface area contributed by atoms with Gasteiger partial charge in [0.15, 0.2) is 17.2 Å². The van der Waals surface area contributed by atoms with Gasteiger partial charge < -0.3 is 10.4 Å². The molecule has 9 atom stereocenters. The first kappa shape index (κ1) is 24.4. The molecule has 0 aromatic carbocycles. The highest BCUT2D eigenvalue weighted by atomic mass is 35.5. The number of halogens is 3. The first-order valence-corrected chi connectivity index (χ1v) is 12.6. The molecular weight excluding hydrogens is 456 g/mol. The predicted octanol–water partition coefficient (Wildman–Crippen LogP) is 3.47. The number of aliphatic hydroxyl groups excluding tert-OH is 1. The van der Waals surface area contributed by atoms with Gasteiger partial charge in [-0.2, -0.15) is 11.8 Å². The summed E-state index contributed by atoms with van der Waals surface area (Å²) in [5.74, 6) is -0.606. The molecule has 4 aliphatic carbocycles. The second kappa shape index (κ2) is 7.62. The second-order valence-corrected chi connectivity index (χ2v) is 11.6. The molecule has 0 bridgehead atoms. The molecule has 4 nitrogen and oxygen atoms in total. The third kappa shape index (κ3) is 2.63. The van der Waals surface area contributed by atoms with Crippen molar-refractivity contribution < 1.29 is 23.5 Å². The van der Waals surface area contributed by atoms with Crippen LogP contribution in [0.4, 0.5) is 8.78 Å². The van der Waals surface area contributed by atoms with Gasteiger partial charge in [-0.15, -0.1) is 12.4 Å². The van der Waals surface area contributed by atoms with Crippen LogP contribution in [0, 0.1) is 34.0 Å². The molecule has 0 radical (unpaired) electrons. The Morgan fingerprint density at radius 2 is 2.03 bits per heavy atom. The third-order valence-electron chi connectivity index (χ3n) is 9.84. The van der Waals surface area contributed by atoms with Crippen LogP contribution in [0.5, 0.6) is 0 Å². The molecule has 0 unspecified atom stereocenters. The summed E-state index contributed by atoms with van der Waals surface area (Å²) < 4.78 is 32.6. The van der Waals surface area contributed by atoms with E-state index < -0.39 is 40.1 Å². The normalized spacial score (nSPS) is 51.1.